The normalized spacial score (nSPS) is 12.8. The van der Waals surface area contributed by atoms with Crippen LogP contribution in [0.25, 0.3) is 0 Å². The second-order valence-corrected chi connectivity index (χ2v) is 5.48. The van der Waals surface area contributed by atoms with Crippen LogP contribution in [-0.2, 0) is 0 Å². The van der Waals surface area contributed by atoms with Gasteiger partial charge < -0.3 is 15.8 Å². The summed E-state index contributed by atoms with van der Waals surface area (Å²) in [5.41, 5.74) is 5.42. The van der Waals surface area contributed by atoms with Gasteiger partial charge in [-0.25, -0.2) is 0 Å². The van der Waals surface area contributed by atoms with Crippen molar-refractivity contribution in [2.24, 2.45) is 5.92 Å². The molecule has 0 saturated heterocycles. The number of nitrogens with one attached hydrogen (secondary N) is 1. The first kappa shape index (κ1) is 17.5. The van der Waals surface area contributed by atoms with Crippen molar-refractivity contribution >= 4 is 23.4 Å². The van der Waals surface area contributed by atoms with E-state index in [2.05, 4.69) is 10.1 Å². The van der Waals surface area contributed by atoms with E-state index in [9.17, 15) is 18.0 Å². The van der Waals surface area contributed by atoms with Gasteiger partial charge in [-0.3, -0.25) is 4.79 Å². The van der Waals surface area contributed by atoms with E-state index in [-0.39, 0.29) is 17.2 Å². The van der Waals surface area contributed by atoms with Gasteiger partial charge in [0.15, 0.2) is 5.75 Å². The molecule has 0 aliphatic carbocycles. The first-order valence-corrected chi connectivity index (χ1v) is 7.54. The summed E-state index contributed by atoms with van der Waals surface area (Å²) in [5, 5.41) is 2.71. The quantitative estimate of drug-likeness (QED) is 0.791. The zero-order chi connectivity index (χ0) is 16.0. The molecule has 8 heteroatoms. The van der Waals surface area contributed by atoms with Gasteiger partial charge >= 0.3 is 6.36 Å². The molecule has 3 N–H and O–H groups in total. The third-order valence-electron chi connectivity index (χ3n) is 2.56. The molecule has 0 aromatic heterocycles. The third kappa shape index (κ3) is 6.16. The fourth-order valence-electron chi connectivity index (χ4n) is 1.62. The van der Waals surface area contributed by atoms with Crippen LogP contribution in [0.3, 0.4) is 0 Å². The average molecular weight is 322 g/mol. The number of alkyl halides is 3. The molecule has 1 rings (SSSR count). The van der Waals surface area contributed by atoms with Gasteiger partial charge in [0, 0.05) is 12.1 Å². The summed E-state index contributed by atoms with van der Waals surface area (Å²) in [7, 11) is 0. The highest BCUT2D eigenvalue weighted by Gasteiger charge is 2.32. The number of halogens is 3. The number of carbonyl (C=O) groups excluding carboxylic acids is 1. The number of rotatable bonds is 6. The Morgan fingerprint density at radius 3 is 2.67 bits per heavy atom. The molecule has 0 spiro atoms. The van der Waals surface area contributed by atoms with Gasteiger partial charge in [-0.05, 0) is 36.1 Å². The van der Waals surface area contributed by atoms with E-state index < -0.39 is 12.1 Å². The molecule has 0 saturated carbocycles. The van der Waals surface area contributed by atoms with Gasteiger partial charge in [0.1, 0.15) is 0 Å². The average Bonchev–Trinajstić information content (AvgIpc) is 2.37. The van der Waals surface area contributed by atoms with Gasteiger partial charge in [-0.15, -0.1) is 13.2 Å². The Morgan fingerprint density at radius 2 is 2.14 bits per heavy atom. The van der Waals surface area contributed by atoms with Crippen molar-refractivity contribution in [3.8, 4) is 5.75 Å². The lowest BCUT2D eigenvalue weighted by atomic mass is 10.1. The largest absolute Gasteiger partial charge is 0.573 e. The first-order valence-electron chi connectivity index (χ1n) is 6.15. The first-order chi connectivity index (χ1) is 9.73. The van der Waals surface area contributed by atoms with Crippen molar-refractivity contribution < 1.29 is 22.7 Å². The molecule has 21 heavy (non-hydrogen) atoms. The molecule has 0 fully saturated rings. The third-order valence-corrected chi connectivity index (χ3v) is 3.46. The summed E-state index contributed by atoms with van der Waals surface area (Å²) in [6, 6.07) is 3.44. The number of amides is 1. The number of hydrogen-bond acceptors (Lipinski definition) is 4. The molecule has 0 bridgehead atoms. The fourth-order valence-corrected chi connectivity index (χ4v) is 2.31. The van der Waals surface area contributed by atoms with Crippen molar-refractivity contribution in [2.75, 3.05) is 24.3 Å². The predicted octanol–water partition coefficient (Wildman–Crippen LogP) is 2.90. The van der Waals surface area contributed by atoms with Gasteiger partial charge in [-0.1, -0.05) is 6.92 Å². The lowest BCUT2D eigenvalue weighted by molar-refractivity contribution is -0.274. The highest BCUT2D eigenvalue weighted by molar-refractivity contribution is 7.98. The second-order valence-electron chi connectivity index (χ2n) is 4.57. The minimum atomic E-state index is -4.81. The van der Waals surface area contributed by atoms with Crippen molar-refractivity contribution in [2.45, 2.75) is 13.3 Å². The van der Waals surface area contributed by atoms with E-state index in [0.29, 0.717) is 12.5 Å². The highest BCUT2D eigenvalue weighted by Crippen LogP contribution is 2.28. The minimum absolute atomic E-state index is 0.193. The lowest BCUT2D eigenvalue weighted by Crippen LogP contribution is -2.29. The van der Waals surface area contributed by atoms with Crippen LogP contribution in [0, 0.1) is 5.92 Å². The Kier molecular flexibility index (Phi) is 6.19. The zero-order valence-electron chi connectivity index (χ0n) is 11.7. The summed E-state index contributed by atoms with van der Waals surface area (Å²) >= 11 is 1.67. The van der Waals surface area contributed by atoms with E-state index in [4.69, 9.17) is 5.73 Å². The smallest absolute Gasteiger partial charge is 0.404 e. The van der Waals surface area contributed by atoms with E-state index in [1.165, 1.54) is 6.07 Å². The highest BCUT2D eigenvalue weighted by atomic mass is 32.2. The molecule has 4 nitrogen and oxygen atoms in total. The Bertz CT molecular complexity index is 495. The van der Waals surface area contributed by atoms with Crippen LogP contribution in [0.5, 0.6) is 5.75 Å². The van der Waals surface area contributed by atoms with Crippen molar-refractivity contribution in [3.63, 3.8) is 0 Å². The van der Waals surface area contributed by atoms with Gasteiger partial charge in [0.25, 0.3) is 5.91 Å². The Labute approximate surface area is 125 Å². The fraction of sp³-hybridized carbons (Fsp3) is 0.462. The number of nitrogen functional groups attached to an aromatic ring is 1. The number of hydrogen-bond donors (Lipinski definition) is 2. The number of nitrogens with two attached hydrogens (primary N) is 1. The van der Waals surface area contributed by atoms with Crippen LogP contribution >= 0.6 is 11.8 Å². The molecule has 118 valence electrons. The molecule has 0 heterocycles. The van der Waals surface area contributed by atoms with E-state index in [1.54, 1.807) is 11.8 Å². The van der Waals surface area contributed by atoms with Gasteiger partial charge in [-0.2, -0.15) is 11.8 Å². The molecule has 0 aliphatic heterocycles. The van der Waals surface area contributed by atoms with Gasteiger partial charge in [0.2, 0.25) is 0 Å². The Hall–Kier alpha value is -1.57. The minimum Gasteiger partial charge on any atom is -0.404 e. The summed E-state index contributed by atoms with van der Waals surface area (Å²) in [6.07, 6.45) is -2.84. The standard InChI is InChI=1S/C13H17F3N2O2S/c1-8(7-21-2)6-18-12(19)9-3-4-11(10(17)5-9)20-13(14,15)16/h3-5,8H,6-7,17H2,1-2H3,(H,18,19). The number of benzene rings is 1. The number of ether oxygens (including phenoxy) is 1. The van der Waals surface area contributed by atoms with Crippen LogP contribution in [0.2, 0.25) is 0 Å². The molecule has 1 aromatic rings. The molecule has 1 unspecified atom stereocenters. The Balaban J connectivity index is 2.68. The second kappa shape index (κ2) is 7.44. The van der Waals surface area contributed by atoms with Crippen molar-refractivity contribution in [1.29, 1.82) is 0 Å². The SMILES string of the molecule is CSCC(C)CNC(=O)c1ccc(OC(F)(F)F)c(N)c1. The van der Waals surface area contributed by atoms with Crippen LogP contribution in [0.1, 0.15) is 17.3 Å². The monoisotopic (exact) mass is 322 g/mol. The summed E-state index contributed by atoms with van der Waals surface area (Å²) in [6.45, 7) is 2.48. The summed E-state index contributed by atoms with van der Waals surface area (Å²) < 4.78 is 40.0. The van der Waals surface area contributed by atoms with E-state index in [1.807, 2.05) is 13.2 Å². The van der Waals surface area contributed by atoms with Crippen LogP contribution < -0.4 is 15.8 Å². The Morgan fingerprint density at radius 1 is 1.48 bits per heavy atom. The van der Waals surface area contributed by atoms with Crippen LogP contribution in [0.4, 0.5) is 18.9 Å². The molecule has 0 radical (unpaired) electrons. The maximum atomic E-state index is 12.1. The molecule has 0 aliphatic rings. The molecular formula is C13H17F3N2O2S. The van der Waals surface area contributed by atoms with Crippen LogP contribution in [0.15, 0.2) is 18.2 Å². The van der Waals surface area contributed by atoms with E-state index in [0.717, 1.165) is 17.9 Å². The number of carbonyl (C=O) groups is 1. The zero-order valence-corrected chi connectivity index (χ0v) is 12.5. The van der Waals surface area contributed by atoms with Crippen molar-refractivity contribution in [3.05, 3.63) is 23.8 Å². The topological polar surface area (TPSA) is 64.3 Å². The van der Waals surface area contributed by atoms with Crippen molar-refractivity contribution in [1.82, 2.24) is 5.32 Å². The maximum absolute atomic E-state index is 12.1. The summed E-state index contributed by atoms with van der Waals surface area (Å²) in [5.74, 6) is 0.304. The summed E-state index contributed by atoms with van der Waals surface area (Å²) in [4.78, 5) is 11.9. The van der Waals surface area contributed by atoms with Crippen LogP contribution in [-0.4, -0.2) is 30.8 Å². The number of anilines is 1. The molecular weight excluding hydrogens is 305 g/mol. The number of thioether (sulfide) groups is 1. The van der Waals surface area contributed by atoms with Gasteiger partial charge in [0.05, 0.1) is 5.69 Å². The molecule has 1 aromatic carbocycles. The maximum Gasteiger partial charge on any atom is 0.573 e. The molecule has 1 atom stereocenters. The van der Waals surface area contributed by atoms with E-state index >= 15 is 0 Å². The molecule has 1 amide bonds. The predicted molar refractivity (Wildman–Crippen MR) is 77.4 cm³/mol. The lowest BCUT2D eigenvalue weighted by Gasteiger charge is -2.13.